The fourth-order valence-electron chi connectivity index (χ4n) is 5.33. The fraction of sp³-hybridized carbons (Fsp3) is 0.462. The molecule has 0 radical (unpaired) electrons. The second-order valence-electron chi connectivity index (χ2n) is 9.11. The van der Waals surface area contributed by atoms with Crippen molar-refractivity contribution in [2.45, 2.75) is 64.3 Å². The van der Waals surface area contributed by atoms with Crippen LogP contribution in [0.15, 0.2) is 48.5 Å². The minimum Gasteiger partial charge on any atom is -0.342 e. The van der Waals surface area contributed by atoms with Gasteiger partial charge in [0.1, 0.15) is 12.1 Å². The van der Waals surface area contributed by atoms with Crippen LogP contribution < -0.4 is 5.32 Å². The Kier molecular flexibility index (Phi) is 6.50. The molecule has 33 heavy (non-hydrogen) atoms. The number of alkyl halides is 3. The van der Waals surface area contributed by atoms with Crippen LogP contribution in [-0.4, -0.2) is 28.8 Å². The Labute approximate surface area is 192 Å². The van der Waals surface area contributed by atoms with E-state index in [1.807, 2.05) is 38.1 Å². The third-order valence-corrected chi connectivity index (χ3v) is 7.11. The zero-order chi connectivity index (χ0) is 23.8. The molecule has 0 bridgehead atoms. The number of piperazine rings is 1. The number of fused-ring (bicyclic) bond motifs is 1. The molecule has 1 N–H and O–H groups in total. The largest absolute Gasteiger partial charge is 0.416 e. The van der Waals surface area contributed by atoms with Crippen molar-refractivity contribution in [1.29, 1.82) is 0 Å². The first-order valence-electron chi connectivity index (χ1n) is 11.6. The van der Waals surface area contributed by atoms with Crippen molar-refractivity contribution in [2.75, 3.05) is 0 Å². The number of nitrogens with zero attached hydrogens (tertiary/aromatic N) is 1. The number of amides is 2. The molecule has 0 spiro atoms. The molecule has 0 aromatic heterocycles. The average molecular weight is 459 g/mol. The highest BCUT2D eigenvalue weighted by Gasteiger charge is 2.47. The summed E-state index contributed by atoms with van der Waals surface area (Å²) in [5.41, 5.74) is 1.97. The molecule has 1 heterocycles. The summed E-state index contributed by atoms with van der Waals surface area (Å²) in [6, 6.07) is 11.7. The summed E-state index contributed by atoms with van der Waals surface area (Å²) in [5, 5.41) is 2.98. The lowest BCUT2D eigenvalue weighted by atomic mass is 9.86. The van der Waals surface area contributed by atoms with Gasteiger partial charge in [0.2, 0.25) is 11.8 Å². The van der Waals surface area contributed by atoms with Crippen molar-refractivity contribution in [2.24, 2.45) is 11.8 Å². The fourth-order valence-corrected chi connectivity index (χ4v) is 5.33. The Hall–Kier alpha value is -2.83. The first-order chi connectivity index (χ1) is 15.7. The van der Waals surface area contributed by atoms with E-state index in [2.05, 4.69) is 5.32 Å². The van der Waals surface area contributed by atoms with E-state index >= 15 is 0 Å². The van der Waals surface area contributed by atoms with Crippen LogP contribution in [0, 0.1) is 11.8 Å². The molecule has 4 rings (SSSR count). The summed E-state index contributed by atoms with van der Waals surface area (Å²) in [4.78, 5) is 28.5. The van der Waals surface area contributed by atoms with Gasteiger partial charge in [-0.05, 0) is 53.5 Å². The minimum atomic E-state index is -4.47. The third-order valence-electron chi connectivity index (χ3n) is 7.11. The zero-order valence-corrected chi connectivity index (χ0v) is 18.9. The number of carbonyl (C=O) groups excluding carboxylic acids is 2. The smallest absolute Gasteiger partial charge is 0.342 e. The number of nitrogens with one attached hydrogen (secondary N) is 1. The Morgan fingerprint density at radius 1 is 1.00 bits per heavy atom. The van der Waals surface area contributed by atoms with Gasteiger partial charge in [-0.2, -0.15) is 13.2 Å². The van der Waals surface area contributed by atoms with Crippen molar-refractivity contribution >= 4 is 11.8 Å². The summed E-state index contributed by atoms with van der Waals surface area (Å²) in [6.45, 7) is 3.91. The van der Waals surface area contributed by atoms with Gasteiger partial charge >= 0.3 is 6.18 Å². The van der Waals surface area contributed by atoms with Crippen molar-refractivity contribution in [3.05, 3.63) is 70.8 Å². The van der Waals surface area contributed by atoms with Crippen LogP contribution in [0.1, 0.15) is 48.9 Å². The lowest BCUT2D eigenvalue weighted by molar-refractivity contribution is -0.154. The van der Waals surface area contributed by atoms with Crippen molar-refractivity contribution in [3.8, 4) is 0 Å². The predicted octanol–water partition coefficient (Wildman–Crippen LogP) is 4.75. The molecular formula is C26H29F3N2O2. The molecule has 2 aromatic rings. The molecule has 0 saturated carbocycles. The van der Waals surface area contributed by atoms with E-state index in [-0.39, 0.29) is 30.2 Å². The number of carbonyl (C=O) groups is 2. The van der Waals surface area contributed by atoms with Gasteiger partial charge in [0.05, 0.1) is 5.56 Å². The molecule has 2 atom stereocenters. The molecular weight excluding hydrogens is 429 g/mol. The number of hydrogen-bond acceptors (Lipinski definition) is 2. The molecule has 1 saturated heterocycles. The maximum Gasteiger partial charge on any atom is 0.416 e. The van der Waals surface area contributed by atoms with Crippen LogP contribution in [-0.2, 0) is 35.2 Å². The molecule has 2 amide bonds. The molecule has 7 heteroatoms. The molecule has 0 unspecified atom stereocenters. The van der Waals surface area contributed by atoms with Gasteiger partial charge in [0, 0.05) is 6.54 Å². The second-order valence-corrected chi connectivity index (χ2v) is 9.11. The molecule has 1 aliphatic heterocycles. The number of hydrogen-bond donors (Lipinski definition) is 1. The van der Waals surface area contributed by atoms with Crippen molar-refractivity contribution in [1.82, 2.24) is 10.2 Å². The molecule has 176 valence electrons. The van der Waals surface area contributed by atoms with E-state index in [9.17, 15) is 22.8 Å². The first-order valence-corrected chi connectivity index (χ1v) is 11.6. The standard InChI is InChI=1S/C26H29F3N2O2/c1-3-17(4-2)23-24(32)30-22(20-13-18-9-5-6-10-19(18)14-20)25(33)31(23)15-16-8-7-11-21(12-16)26(27,28)29/h5-12,17,20,22-23H,3-4,13-15H2,1-2H3,(H,30,32)/t22-,23-/m1/s1. The minimum absolute atomic E-state index is 0.0203. The van der Waals surface area contributed by atoms with Crippen LogP contribution in [0.3, 0.4) is 0 Å². The Bertz CT molecular complexity index is 1010. The Balaban J connectivity index is 1.64. The predicted molar refractivity (Wildman–Crippen MR) is 119 cm³/mol. The lowest BCUT2D eigenvalue weighted by Crippen LogP contribution is -2.66. The highest BCUT2D eigenvalue weighted by molar-refractivity contribution is 5.97. The van der Waals surface area contributed by atoms with Gasteiger partial charge in [-0.1, -0.05) is 63.1 Å². The van der Waals surface area contributed by atoms with Crippen molar-refractivity contribution in [3.63, 3.8) is 0 Å². The van der Waals surface area contributed by atoms with Gasteiger partial charge in [0.15, 0.2) is 0 Å². The quantitative estimate of drug-likeness (QED) is 0.679. The van der Waals surface area contributed by atoms with Gasteiger partial charge in [-0.15, -0.1) is 0 Å². The van der Waals surface area contributed by atoms with Crippen LogP contribution >= 0.6 is 0 Å². The molecule has 2 aliphatic rings. The van der Waals surface area contributed by atoms with Gasteiger partial charge in [-0.25, -0.2) is 0 Å². The van der Waals surface area contributed by atoms with Crippen LogP contribution in [0.4, 0.5) is 13.2 Å². The van der Waals surface area contributed by atoms with Crippen LogP contribution in [0.5, 0.6) is 0 Å². The summed E-state index contributed by atoms with van der Waals surface area (Å²) < 4.78 is 39.8. The molecule has 4 nitrogen and oxygen atoms in total. The number of benzene rings is 2. The number of halogens is 3. The van der Waals surface area contributed by atoms with Crippen LogP contribution in [0.2, 0.25) is 0 Å². The molecule has 1 fully saturated rings. The highest BCUT2D eigenvalue weighted by Crippen LogP contribution is 2.34. The molecule has 1 aliphatic carbocycles. The van der Waals surface area contributed by atoms with Crippen LogP contribution in [0.25, 0.3) is 0 Å². The van der Waals surface area contributed by atoms with Gasteiger partial charge in [0.25, 0.3) is 0 Å². The van der Waals surface area contributed by atoms with Gasteiger partial charge < -0.3 is 10.2 Å². The maximum atomic E-state index is 13.7. The summed E-state index contributed by atoms with van der Waals surface area (Å²) in [5.74, 6) is -0.551. The first kappa shape index (κ1) is 23.3. The molecule has 2 aromatic carbocycles. The average Bonchev–Trinajstić information content (AvgIpc) is 3.22. The topological polar surface area (TPSA) is 49.4 Å². The monoisotopic (exact) mass is 458 g/mol. The normalized spacial score (nSPS) is 21.5. The lowest BCUT2D eigenvalue weighted by Gasteiger charge is -2.43. The van der Waals surface area contributed by atoms with E-state index in [1.54, 1.807) is 6.07 Å². The van der Waals surface area contributed by atoms with E-state index in [1.165, 1.54) is 22.1 Å². The van der Waals surface area contributed by atoms with Gasteiger partial charge in [-0.3, -0.25) is 9.59 Å². The zero-order valence-electron chi connectivity index (χ0n) is 18.9. The summed E-state index contributed by atoms with van der Waals surface area (Å²) in [7, 11) is 0. The highest BCUT2D eigenvalue weighted by atomic mass is 19.4. The third kappa shape index (κ3) is 4.63. The second kappa shape index (κ2) is 9.20. The Morgan fingerprint density at radius 3 is 2.21 bits per heavy atom. The SMILES string of the molecule is CCC(CC)[C@@H]1C(=O)N[C@H](C2Cc3ccccc3C2)C(=O)N1Cc1cccc(C(F)(F)F)c1. The summed E-state index contributed by atoms with van der Waals surface area (Å²) in [6.07, 6.45) is -1.69. The van der Waals surface area contributed by atoms with E-state index in [0.29, 0.717) is 31.2 Å². The summed E-state index contributed by atoms with van der Waals surface area (Å²) >= 11 is 0. The van der Waals surface area contributed by atoms with Crippen molar-refractivity contribution < 1.29 is 22.8 Å². The number of rotatable bonds is 6. The van der Waals surface area contributed by atoms with E-state index in [4.69, 9.17) is 0 Å². The van der Waals surface area contributed by atoms with E-state index < -0.39 is 23.8 Å². The Morgan fingerprint density at radius 2 is 1.64 bits per heavy atom. The van der Waals surface area contributed by atoms with E-state index in [0.717, 1.165) is 12.1 Å². The maximum absolute atomic E-state index is 13.7.